The van der Waals surface area contributed by atoms with Crippen molar-refractivity contribution in [2.24, 2.45) is 0 Å². The highest BCUT2D eigenvalue weighted by Crippen LogP contribution is 2.16. The second kappa shape index (κ2) is 5.46. The molecule has 0 radical (unpaired) electrons. The SMILES string of the molecule is O=C(Nc1cccc(O)c1)c1ccc(-n2cncn2)cc1. The van der Waals surface area contributed by atoms with E-state index >= 15 is 0 Å². The first-order chi connectivity index (χ1) is 10.2. The Balaban J connectivity index is 1.76. The molecule has 1 aromatic heterocycles. The second-order valence-corrected chi connectivity index (χ2v) is 4.39. The molecule has 3 rings (SSSR count). The molecule has 1 amide bonds. The third kappa shape index (κ3) is 2.89. The van der Waals surface area contributed by atoms with Crippen molar-refractivity contribution in [1.29, 1.82) is 0 Å². The molecule has 0 bridgehead atoms. The van der Waals surface area contributed by atoms with E-state index in [1.165, 1.54) is 12.4 Å². The molecule has 2 aromatic carbocycles. The van der Waals surface area contributed by atoms with Gasteiger partial charge < -0.3 is 10.4 Å². The Hall–Kier alpha value is -3.15. The van der Waals surface area contributed by atoms with E-state index in [9.17, 15) is 9.90 Å². The van der Waals surface area contributed by atoms with Crippen molar-refractivity contribution < 1.29 is 9.90 Å². The first-order valence-corrected chi connectivity index (χ1v) is 6.28. The molecule has 0 aliphatic rings. The number of carbonyl (C=O) groups is 1. The van der Waals surface area contributed by atoms with Gasteiger partial charge in [0.1, 0.15) is 18.4 Å². The van der Waals surface area contributed by atoms with Gasteiger partial charge in [-0.25, -0.2) is 9.67 Å². The number of anilines is 1. The third-order valence-electron chi connectivity index (χ3n) is 2.92. The Bertz CT molecular complexity index is 752. The summed E-state index contributed by atoms with van der Waals surface area (Å²) in [6.45, 7) is 0. The molecule has 6 nitrogen and oxygen atoms in total. The monoisotopic (exact) mass is 280 g/mol. The summed E-state index contributed by atoms with van der Waals surface area (Å²) >= 11 is 0. The summed E-state index contributed by atoms with van der Waals surface area (Å²) in [5.41, 5.74) is 1.88. The fourth-order valence-electron chi connectivity index (χ4n) is 1.89. The molecule has 1 heterocycles. The average molecular weight is 280 g/mol. The summed E-state index contributed by atoms with van der Waals surface area (Å²) in [7, 11) is 0. The van der Waals surface area contributed by atoms with Crippen LogP contribution in [0.3, 0.4) is 0 Å². The van der Waals surface area contributed by atoms with Gasteiger partial charge in [0.2, 0.25) is 0 Å². The average Bonchev–Trinajstić information content (AvgIpc) is 3.01. The van der Waals surface area contributed by atoms with Crippen LogP contribution in [0, 0.1) is 0 Å². The number of aromatic nitrogens is 3. The van der Waals surface area contributed by atoms with Gasteiger partial charge in [0.05, 0.1) is 5.69 Å². The van der Waals surface area contributed by atoms with E-state index in [1.807, 2.05) is 0 Å². The second-order valence-electron chi connectivity index (χ2n) is 4.39. The lowest BCUT2D eigenvalue weighted by molar-refractivity contribution is 0.102. The van der Waals surface area contributed by atoms with E-state index in [0.717, 1.165) is 5.69 Å². The Kier molecular flexibility index (Phi) is 3.34. The number of phenolic OH excluding ortho intramolecular Hbond substituents is 1. The van der Waals surface area contributed by atoms with Crippen molar-refractivity contribution in [2.75, 3.05) is 5.32 Å². The number of hydrogen-bond donors (Lipinski definition) is 2. The van der Waals surface area contributed by atoms with Crippen LogP contribution in [0.25, 0.3) is 5.69 Å². The number of hydrogen-bond acceptors (Lipinski definition) is 4. The number of nitrogens with one attached hydrogen (secondary N) is 1. The molecule has 3 aromatic rings. The molecule has 0 unspecified atom stereocenters. The van der Waals surface area contributed by atoms with Crippen molar-refractivity contribution in [1.82, 2.24) is 14.8 Å². The Morgan fingerprint density at radius 2 is 1.95 bits per heavy atom. The van der Waals surface area contributed by atoms with E-state index in [0.29, 0.717) is 11.3 Å². The van der Waals surface area contributed by atoms with Crippen LogP contribution in [0.15, 0.2) is 61.2 Å². The van der Waals surface area contributed by atoms with Crippen molar-refractivity contribution >= 4 is 11.6 Å². The van der Waals surface area contributed by atoms with Crippen LogP contribution >= 0.6 is 0 Å². The fourth-order valence-corrected chi connectivity index (χ4v) is 1.89. The lowest BCUT2D eigenvalue weighted by Gasteiger charge is -2.06. The smallest absolute Gasteiger partial charge is 0.255 e. The molecule has 21 heavy (non-hydrogen) atoms. The van der Waals surface area contributed by atoms with Gasteiger partial charge in [0.25, 0.3) is 5.91 Å². The van der Waals surface area contributed by atoms with Gasteiger partial charge in [-0.2, -0.15) is 5.10 Å². The van der Waals surface area contributed by atoms with E-state index in [2.05, 4.69) is 15.4 Å². The molecule has 0 aliphatic heterocycles. The maximum atomic E-state index is 12.1. The van der Waals surface area contributed by atoms with Crippen molar-refractivity contribution in [3.63, 3.8) is 0 Å². The normalized spacial score (nSPS) is 10.3. The molecular weight excluding hydrogens is 268 g/mol. The number of nitrogens with zero attached hydrogens (tertiary/aromatic N) is 3. The van der Waals surface area contributed by atoms with Crippen molar-refractivity contribution in [2.45, 2.75) is 0 Å². The molecule has 0 saturated heterocycles. The predicted molar refractivity (Wildman–Crippen MR) is 77.4 cm³/mol. The van der Waals surface area contributed by atoms with Gasteiger partial charge in [0.15, 0.2) is 0 Å². The Labute approximate surface area is 120 Å². The lowest BCUT2D eigenvalue weighted by atomic mass is 10.2. The van der Waals surface area contributed by atoms with Gasteiger partial charge >= 0.3 is 0 Å². The summed E-state index contributed by atoms with van der Waals surface area (Å²) in [6, 6.07) is 13.4. The zero-order valence-corrected chi connectivity index (χ0v) is 11.0. The molecule has 2 N–H and O–H groups in total. The van der Waals surface area contributed by atoms with Crippen LogP contribution in [0.4, 0.5) is 5.69 Å². The van der Waals surface area contributed by atoms with Gasteiger partial charge in [-0.05, 0) is 36.4 Å². The molecule has 0 spiro atoms. The molecule has 0 fully saturated rings. The maximum Gasteiger partial charge on any atom is 0.255 e. The van der Waals surface area contributed by atoms with Crippen molar-refractivity contribution in [3.05, 3.63) is 66.7 Å². The summed E-state index contributed by atoms with van der Waals surface area (Å²) in [5, 5.41) is 16.1. The first-order valence-electron chi connectivity index (χ1n) is 6.28. The Morgan fingerprint density at radius 1 is 1.14 bits per heavy atom. The highest BCUT2D eigenvalue weighted by atomic mass is 16.3. The zero-order chi connectivity index (χ0) is 14.7. The zero-order valence-electron chi connectivity index (χ0n) is 11.0. The summed E-state index contributed by atoms with van der Waals surface area (Å²) in [4.78, 5) is 16.0. The predicted octanol–water partition coefficient (Wildman–Crippen LogP) is 2.23. The van der Waals surface area contributed by atoms with E-state index < -0.39 is 0 Å². The number of carbonyl (C=O) groups excluding carboxylic acids is 1. The van der Waals surface area contributed by atoms with Gasteiger partial charge in [-0.1, -0.05) is 6.07 Å². The highest BCUT2D eigenvalue weighted by molar-refractivity contribution is 6.04. The third-order valence-corrected chi connectivity index (χ3v) is 2.92. The minimum Gasteiger partial charge on any atom is -0.508 e. The van der Waals surface area contributed by atoms with Crippen LogP contribution in [0.1, 0.15) is 10.4 Å². The summed E-state index contributed by atoms with van der Waals surface area (Å²) in [6.07, 6.45) is 3.03. The first kappa shape index (κ1) is 12.9. The van der Waals surface area contributed by atoms with Crippen LogP contribution in [-0.4, -0.2) is 25.8 Å². The van der Waals surface area contributed by atoms with Crippen LogP contribution in [0.5, 0.6) is 5.75 Å². The van der Waals surface area contributed by atoms with Crippen LogP contribution in [-0.2, 0) is 0 Å². The summed E-state index contributed by atoms with van der Waals surface area (Å²) in [5.74, 6) is -0.139. The molecule has 104 valence electrons. The molecule has 0 aliphatic carbocycles. The van der Waals surface area contributed by atoms with E-state index in [4.69, 9.17) is 0 Å². The van der Waals surface area contributed by atoms with E-state index in [1.54, 1.807) is 53.5 Å². The number of amides is 1. The van der Waals surface area contributed by atoms with Gasteiger partial charge in [0, 0.05) is 17.3 Å². The Morgan fingerprint density at radius 3 is 2.62 bits per heavy atom. The molecule has 0 saturated carbocycles. The molecular formula is C15H12N4O2. The minimum absolute atomic E-state index is 0.106. The largest absolute Gasteiger partial charge is 0.508 e. The molecule has 6 heteroatoms. The van der Waals surface area contributed by atoms with E-state index in [-0.39, 0.29) is 11.7 Å². The fraction of sp³-hybridized carbons (Fsp3) is 0. The number of aromatic hydroxyl groups is 1. The number of rotatable bonds is 3. The van der Waals surface area contributed by atoms with Crippen LogP contribution < -0.4 is 5.32 Å². The summed E-state index contributed by atoms with van der Waals surface area (Å²) < 4.78 is 1.61. The topological polar surface area (TPSA) is 80.0 Å². The minimum atomic E-state index is -0.245. The highest BCUT2D eigenvalue weighted by Gasteiger charge is 2.07. The number of benzene rings is 2. The van der Waals surface area contributed by atoms with Crippen molar-refractivity contribution in [3.8, 4) is 11.4 Å². The lowest BCUT2D eigenvalue weighted by Crippen LogP contribution is -2.11. The van der Waals surface area contributed by atoms with Gasteiger partial charge in [-0.15, -0.1) is 0 Å². The quantitative estimate of drug-likeness (QED) is 0.771. The number of phenols is 1. The maximum absolute atomic E-state index is 12.1. The molecule has 0 atom stereocenters. The van der Waals surface area contributed by atoms with Gasteiger partial charge in [-0.3, -0.25) is 4.79 Å². The standard InChI is InChI=1S/C15H12N4O2/c20-14-3-1-2-12(8-14)18-15(21)11-4-6-13(7-5-11)19-10-16-9-17-19/h1-10,20H,(H,18,21). The van der Waals surface area contributed by atoms with Crippen LogP contribution in [0.2, 0.25) is 0 Å².